The van der Waals surface area contributed by atoms with Crippen molar-refractivity contribution in [1.29, 1.82) is 0 Å². The quantitative estimate of drug-likeness (QED) is 0.188. The topological polar surface area (TPSA) is 63.6 Å². The number of nitrogens with zero attached hydrogens (tertiary/aromatic N) is 3. The third kappa shape index (κ3) is 8.00. The second kappa shape index (κ2) is 13.9. The number of halogens is 2. The lowest BCUT2D eigenvalue weighted by atomic mass is 10.0. The molecule has 2 aromatic carbocycles. The number of carbonyl (C=O) groups is 1. The van der Waals surface area contributed by atoms with E-state index < -0.39 is 0 Å². The Labute approximate surface area is 229 Å². The molecule has 0 unspecified atom stereocenters. The van der Waals surface area contributed by atoms with Crippen molar-refractivity contribution in [2.75, 3.05) is 51.0 Å². The van der Waals surface area contributed by atoms with E-state index in [2.05, 4.69) is 20.9 Å². The summed E-state index contributed by atoms with van der Waals surface area (Å²) in [5.74, 6) is 1.15. The van der Waals surface area contributed by atoms with Crippen LogP contribution >= 0.6 is 23.2 Å². The third-order valence-corrected chi connectivity index (χ3v) is 7.40. The summed E-state index contributed by atoms with van der Waals surface area (Å²) < 4.78 is 16.6. The molecule has 200 valence electrons. The summed E-state index contributed by atoms with van der Waals surface area (Å²) in [4.78, 5) is 20.9. The molecule has 2 aliphatic rings. The molecule has 0 aromatic heterocycles. The normalized spacial score (nSPS) is 15.6. The number of fused-ring (bicyclic) bond motifs is 1. The lowest BCUT2D eigenvalue weighted by molar-refractivity contribution is -0.150. The van der Waals surface area contributed by atoms with Crippen molar-refractivity contribution in [3.63, 3.8) is 0 Å². The van der Waals surface area contributed by atoms with Crippen molar-refractivity contribution in [3.8, 4) is 5.75 Å². The monoisotopic (exact) mass is 547 g/mol. The number of anilines is 1. The molecule has 1 saturated heterocycles. The molecule has 2 aromatic rings. The van der Waals surface area contributed by atoms with E-state index in [0.29, 0.717) is 35.4 Å². The van der Waals surface area contributed by atoms with Gasteiger partial charge in [0.2, 0.25) is 6.79 Å². The molecule has 9 heteroatoms. The molecule has 7 nitrogen and oxygen atoms in total. The highest BCUT2D eigenvalue weighted by molar-refractivity contribution is 6.43. The lowest BCUT2D eigenvalue weighted by Crippen LogP contribution is -2.46. The minimum absolute atomic E-state index is 0.0907. The summed E-state index contributed by atoms with van der Waals surface area (Å²) >= 11 is 12.6. The van der Waals surface area contributed by atoms with Crippen molar-refractivity contribution >= 4 is 46.4 Å². The van der Waals surface area contributed by atoms with Crippen LogP contribution in [0.5, 0.6) is 5.75 Å². The minimum Gasteiger partial charge on any atom is -0.494 e. The van der Waals surface area contributed by atoms with Gasteiger partial charge in [-0.1, -0.05) is 42.3 Å². The van der Waals surface area contributed by atoms with Gasteiger partial charge in [0.25, 0.3) is 0 Å². The van der Waals surface area contributed by atoms with E-state index in [1.54, 1.807) is 0 Å². The van der Waals surface area contributed by atoms with Gasteiger partial charge in [0, 0.05) is 45.1 Å². The predicted molar refractivity (Wildman–Crippen MR) is 149 cm³/mol. The highest BCUT2D eigenvalue weighted by atomic mass is 35.5. The van der Waals surface area contributed by atoms with E-state index in [9.17, 15) is 4.79 Å². The minimum atomic E-state index is -0.250. The molecule has 0 amide bonds. The van der Waals surface area contributed by atoms with Crippen LogP contribution in [0.2, 0.25) is 10.0 Å². The first kappa shape index (κ1) is 27.6. The zero-order valence-electron chi connectivity index (χ0n) is 21.4. The lowest BCUT2D eigenvalue weighted by Gasteiger charge is -2.36. The summed E-state index contributed by atoms with van der Waals surface area (Å²) in [6.07, 6.45) is 4.75. The Kier molecular flexibility index (Phi) is 10.3. The Morgan fingerprint density at radius 2 is 1.86 bits per heavy atom. The standard InChI is InChI=1S/C28H35Cl2N3O4/c1-2-6-27(34)37-20-36-26-12-10-21-9-11-22(19-24(21)31-26)35-18-4-3-13-32-14-16-33(17-15-32)25-8-5-7-23(29)28(25)30/h5,7-9,11,19H,2-4,6,10,12-18,20H2,1H3. The molecule has 0 radical (unpaired) electrons. The van der Waals surface area contributed by atoms with E-state index >= 15 is 0 Å². The van der Waals surface area contributed by atoms with Crippen molar-refractivity contribution < 1.29 is 19.0 Å². The van der Waals surface area contributed by atoms with E-state index in [4.69, 9.17) is 37.4 Å². The van der Waals surface area contributed by atoms with Crippen LogP contribution in [-0.2, 0) is 20.7 Å². The molecule has 0 atom stereocenters. The zero-order chi connectivity index (χ0) is 26.0. The van der Waals surface area contributed by atoms with Gasteiger partial charge in [0.15, 0.2) is 5.90 Å². The number of hydrogen-bond donors (Lipinski definition) is 0. The summed E-state index contributed by atoms with van der Waals surface area (Å²) in [5, 5.41) is 1.24. The Morgan fingerprint density at radius 3 is 2.68 bits per heavy atom. The van der Waals surface area contributed by atoms with Crippen LogP contribution in [0, 0.1) is 0 Å². The molecular formula is C28H35Cl2N3O4. The molecule has 0 aliphatic carbocycles. The van der Waals surface area contributed by atoms with Gasteiger partial charge in [-0.2, -0.15) is 0 Å². The Balaban J connectivity index is 1.15. The van der Waals surface area contributed by atoms with Crippen molar-refractivity contribution in [3.05, 3.63) is 52.0 Å². The number of hydrogen-bond acceptors (Lipinski definition) is 7. The maximum Gasteiger partial charge on any atom is 0.308 e. The molecular weight excluding hydrogens is 513 g/mol. The second-order valence-electron chi connectivity index (χ2n) is 9.28. The predicted octanol–water partition coefficient (Wildman–Crippen LogP) is 6.27. The summed E-state index contributed by atoms with van der Waals surface area (Å²) in [5.41, 5.74) is 3.04. The van der Waals surface area contributed by atoms with Crippen LogP contribution in [0.4, 0.5) is 11.4 Å². The average Bonchev–Trinajstić information content (AvgIpc) is 2.90. The molecule has 2 heterocycles. The molecule has 0 saturated carbocycles. The van der Waals surface area contributed by atoms with Gasteiger partial charge in [0.1, 0.15) is 5.75 Å². The molecule has 0 N–H and O–H groups in total. The van der Waals surface area contributed by atoms with Crippen LogP contribution in [0.15, 0.2) is 41.4 Å². The third-order valence-electron chi connectivity index (χ3n) is 6.59. The number of unbranched alkanes of at least 4 members (excludes halogenated alkanes) is 1. The van der Waals surface area contributed by atoms with Crippen LogP contribution in [0.25, 0.3) is 0 Å². The van der Waals surface area contributed by atoms with Crippen molar-refractivity contribution in [2.24, 2.45) is 4.99 Å². The fourth-order valence-electron chi connectivity index (χ4n) is 4.50. The number of esters is 1. The fraction of sp³-hybridized carbons (Fsp3) is 0.500. The highest BCUT2D eigenvalue weighted by Crippen LogP contribution is 2.33. The Hall–Kier alpha value is -2.48. The van der Waals surface area contributed by atoms with E-state index in [1.807, 2.05) is 37.3 Å². The smallest absolute Gasteiger partial charge is 0.308 e. The van der Waals surface area contributed by atoms with Gasteiger partial charge in [-0.05, 0) is 56.0 Å². The maximum atomic E-state index is 11.5. The number of piperazine rings is 1. The first-order chi connectivity index (χ1) is 18.0. The van der Waals surface area contributed by atoms with Crippen LogP contribution in [0.3, 0.4) is 0 Å². The average molecular weight is 549 g/mol. The number of carbonyl (C=O) groups excluding carboxylic acids is 1. The molecule has 1 fully saturated rings. The Bertz CT molecular complexity index is 1090. The molecule has 0 spiro atoms. The van der Waals surface area contributed by atoms with Gasteiger partial charge < -0.3 is 19.1 Å². The summed E-state index contributed by atoms with van der Waals surface area (Å²) in [7, 11) is 0. The Morgan fingerprint density at radius 1 is 1.03 bits per heavy atom. The summed E-state index contributed by atoms with van der Waals surface area (Å²) in [6, 6.07) is 11.8. The number of ether oxygens (including phenoxy) is 3. The number of aryl methyl sites for hydroxylation is 1. The molecule has 37 heavy (non-hydrogen) atoms. The van der Waals surface area contributed by atoms with E-state index in [0.717, 1.165) is 75.5 Å². The summed E-state index contributed by atoms with van der Waals surface area (Å²) in [6.45, 7) is 7.47. The largest absolute Gasteiger partial charge is 0.494 e. The van der Waals surface area contributed by atoms with Crippen LogP contribution in [-0.4, -0.2) is 62.9 Å². The highest BCUT2D eigenvalue weighted by Gasteiger charge is 2.19. The van der Waals surface area contributed by atoms with Gasteiger partial charge in [-0.25, -0.2) is 4.99 Å². The molecule has 4 rings (SSSR count). The molecule has 0 bridgehead atoms. The van der Waals surface area contributed by atoms with Crippen molar-refractivity contribution in [1.82, 2.24) is 4.90 Å². The molecule has 2 aliphatic heterocycles. The van der Waals surface area contributed by atoms with Gasteiger partial charge >= 0.3 is 5.97 Å². The SMILES string of the molecule is CCCC(=O)OCOC1=Nc2cc(OCCCCN3CCN(c4cccc(Cl)c4Cl)CC3)ccc2CC1. The first-order valence-electron chi connectivity index (χ1n) is 13.1. The van der Waals surface area contributed by atoms with E-state index in [-0.39, 0.29) is 12.8 Å². The maximum absolute atomic E-state index is 11.5. The zero-order valence-corrected chi connectivity index (χ0v) is 22.9. The van der Waals surface area contributed by atoms with Gasteiger partial charge in [0.05, 0.1) is 28.0 Å². The number of rotatable bonds is 11. The second-order valence-corrected chi connectivity index (χ2v) is 10.1. The fourth-order valence-corrected chi connectivity index (χ4v) is 4.92. The van der Waals surface area contributed by atoms with Crippen LogP contribution < -0.4 is 9.64 Å². The van der Waals surface area contributed by atoms with Crippen LogP contribution in [0.1, 0.15) is 44.6 Å². The van der Waals surface area contributed by atoms with Gasteiger partial charge in [-0.15, -0.1) is 0 Å². The van der Waals surface area contributed by atoms with Gasteiger partial charge in [-0.3, -0.25) is 9.69 Å². The first-order valence-corrected chi connectivity index (χ1v) is 13.8. The van der Waals surface area contributed by atoms with E-state index in [1.165, 1.54) is 5.56 Å². The number of aliphatic imine (C=N–C) groups is 1. The number of benzene rings is 2. The van der Waals surface area contributed by atoms with Crippen molar-refractivity contribution in [2.45, 2.75) is 45.4 Å².